The largest absolute Gasteiger partial charge is 0.480 e. The molecule has 0 spiro atoms. The molecule has 1 aromatic rings. The number of hydrazine groups is 3. The minimum atomic E-state index is -1.01. The summed E-state index contributed by atoms with van der Waals surface area (Å²) < 4.78 is 0. The van der Waals surface area contributed by atoms with E-state index in [1.165, 1.54) is 4.90 Å². The van der Waals surface area contributed by atoms with E-state index in [9.17, 15) is 14.7 Å². The van der Waals surface area contributed by atoms with Crippen LogP contribution < -0.4 is 21.9 Å². The number of allylic oxidation sites excluding steroid dienone is 2. The summed E-state index contributed by atoms with van der Waals surface area (Å²) in [6.45, 7) is 15.6. The number of carboxylic acid groups (broad SMARTS) is 1. The minimum absolute atomic E-state index is 0.144. The third-order valence-electron chi connectivity index (χ3n) is 5.05. The van der Waals surface area contributed by atoms with Crippen LogP contribution in [0.2, 0.25) is 0 Å². The number of amides is 1. The molecule has 1 fully saturated rings. The Bertz CT molecular complexity index is 802. The van der Waals surface area contributed by atoms with Gasteiger partial charge in [0.15, 0.2) is 0 Å². The number of carbonyl (C=O) groups is 2. The molecule has 0 bridgehead atoms. The standard InChI is InChI=1S/C22H31N5O3.C2H6.CH4O/c1-5-8-9-20(28)27(15(4)22(29)30)14-16-10-12-17(13-11-16)18(6-2)19(7-3)21-23-25-26-24-21;2*1-2/h6-7,10-13,15,21,23-26H,2-3,5,8-9,14H2,1,4H3,(H,29,30);1-2H3;2H,1H3/b19-18-;;/t15-;;/m0../s1. The van der Waals surface area contributed by atoms with Crippen LogP contribution in [0.1, 0.15) is 58.1 Å². The Balaban J connectivity index is 0.00000258. The van der Waals surface area contributed by atoms with Crippen LogP contribution in [-0.4, -0.2) is 46.3 Å². The van der Waals surface area contributed by atoms with Gasteiger partial charge in [0, 0.05) is 20.1 Å². The second-order valence-electron chi connectivity index (χ2n) is 7.09. The number of aliphatic hydroxyl groups excluding tert-OH is 1. The second-order valence-corrected chi connectivity index (χ2v) is 7.09. The van der Waals surface area contributed by atoms with Crippen molar-refractivity contribution in [3.05, 3.63) is 66.3 Å². The minimum Gasteiger partial charge on any atom is -0.480 e. The van der Waals surface area contributed by atoms with Crippen molar-refractivity contribution in [2.45, 2.75) is 65.7 Å². The lowest BCUT2D eigenvalue weighted by atomic mass is 9.97. The van der Waals surface area contributed by atoms with Crippen LogP contribution in [0.5, 0.6) is 0 Å². The van der Waals surface area contributed by atoms with Gasteiger partial charge in [-0.3, -0.25) is 4.79 Å². The Morgan fingerprint density at radius 1 is 1.09 bits per heavy atom. The Hall–Kier alpha value is -2.82. The van der Waals surface area contributed by atoms with E-state index in [1.54, 1.807) is 19.1 Å². The quantitative estimate of drug-likeness (QED) is 0.270. The molecule has 6 N–H and O–H groups in total. The first kappa shape index (κ1) is 31.2. The van der Waals surface area contributed by atoms with Crippen LogP contribution in [0.4, 0.5) is 0 Å². The summed E-state index contributed by atoms with van der Waals surface area (Å²) in [4.78, 5) is 25.5. The summed E-state index contributed by atoms with van der Waals surface area (Å²) in [5.41, 5.74) is 15.2. The molecule has 1 heterocycles. The molecule has 1 atom stereocenters. The highest BCUT2D eigenvalue weighted by atomic mass is 16.4. The Morgan fingerprint density at radius 2 is 1.65 bits per heavy atom. The van der Waals surface area contributed by atoms with Crippen molar-refractivity contribution < 1.29 is 19.8 Å². The number of unbranched alkanes of at least 4 members (excludes halogenated alkanes) is 1. The summed E-state index contributed by atoms with van der Waals surface area (Å²) in [6, 6.07) is 6.79. The van der Waals surface area contributed by atoms with Gasteiger partial charge in [-0.2, -0.15) is 11.1 Å². The van der Waals surface area contributed by atoms with Gasteiger partial charge < -0.3 is 15.1 Å². The first-order valence-electron chi connectivity index (χ1n) is 11.5. The molecule has 190 valence electrons. The molecule has 1 amide bonds. The molecule has 2 rings (SSSR count). The van der Waals surface area contributed by atoms with E-state index in [0.717, 1.165) is 42.2 Å². The molecule has 0 aromatic heterocycles. The molecule has 0 radical (unpaired) electrons. The van der Waals surface area contributed by atoms with Gasteiger partial charge >= 0.3 is 5.97 Å². The Morgan fingerprint density at radius 3 is 2.09 bits per heavy atom. The van der Waals surface area contributed by atoms with E-state index in [-0.39, 0.29) is 18.6 Å². The zero-order chi connectivity index (χ0) is 26.1. The summed E-state index contributed by atoms with van der Waals surface area (Å²) in [5, 5.41) is 16.4. The lowest BCUT2D eigenvalue weighted by molar-refractivity contribution is -0.150. The maximum absolute atomic E-state index is 12.6. The molecule has 9 nitrogen and oxygen atoms in total. The third-order valence-corrected chi connectivity index (χ3v) is 5.05. The Kier molecular flexibility index (Phi) is 16.2. The van der Waals surface area contributed by atoms with Crippen LogP contribution in [0.3, 0.4) is 0 Å². The van der Waals surface area contributed by atoms with Crippen molar-refractivity contribution in [1.82, 2.24) is 26.8 Å². The molecular formula is C25H41N5O4. The molecule has 1 aliphatic heterocycles. The fraction of sp³-hybridized carbons (Fsp3) is 0.440. The molecule has 0 saturated carbocycles. The summed E-state index contributed by atoms with van der Waals surface area (Å²) >= 11 is 0. The average Bonchev–Trinajstić information content (AvgIpc) is 3.41. The number of carbonyl (C=O) groups excluding carboxylic acids is 1. The van der Waals surface area contributed by atoms with Crippen molar-refractivity contribution in [1.29, 1.82) is 0 Å². The maximum Gasteiger partial charge on any atom is 0.326 e. The van der Waals surface area contributed by atoms with E-state index < -0.39 is 12.0 Å². The zero-order valence-electron chi connectivity index (χ0n) is 21.0. The monoisotopic (exact) mass is 475 g/mol. The summed E-state index contributed by atoms with van der Waals surface area (Å²) in [6.07, 6.45) is 5.31. The van der Waals surface area contributed by atoms with Gasteiger partial charge in [0.05, 0.1) is 0 Å². The van der Waals surface area contributed by atoms with E-state index in [1.807, 2.05) is 45.0 Å². The topological polar surface area (TPSA) is 126 Å². The van der Waals surface area contributed by atoms with Crippen molar-refractivity contribution >= 4 is 17.4 Å². The average molecular weight is 476 g/mol. The van der Waals surface area contributed by atoms with E-state index in [2.05, 4.69) is 35.1 Å². The summed E-state index contributed by atoms with van der Waals surface area (Å²) in [5.74, 6) is -1.16. The first-order valence-corrected chi connectivity index (χ1v) is 11.5. The van der Waals surface area contributed by atoms with E-state index in [0.29, 0.717) is 6.42 Å². The molecule has 34 heavy (non-hydrogen) atoms. The smallest absolute Gasteiger partial charge is 0.326 e. The predicted molar refractivity (Wildman–Crippen MR) is 137 cm³/mol. The van der Waals surface area contributed by atoms with Gasteiger partial charge in [0.25, 0.3) is 0 Å². The fourth-order valence-corrected chi connectivity index (χ4v) is 3.23. The highest BCUT2D eigenvalue weighted by Crippen LogP contribution is 2.24. The lowest BCUT2D eigenvalue weighted by Gasteiger charge is -2.27. The summed E-state index contributed by atoms with van der Waals surface area (Å²) in [7, 11) is 1.00. The molecule has 0 aliphatic carbocycles. The number of hydrogen-bond donors (Lipinski definition) is 6. The van der Waals surface area contributed by atoms with Crippen molar-refractivity contribution in [2.75, 3.05) is 7.11 Å². The number of aliphatic carboxylic acids is 1. The van der Waals surface area contributed by atoms with Crippen LogP contribution in [0.15, 0.2) is 55.1 Å². The van der Waals surface area contributed by atoms with Crippen molar-refractivity contribution in [3.63, 3.8) is 0 Å². The number of rotatable bonds is 11. The number of hydrogen-bond acceptors (Lipinski definition) is 7. The third kappa shape index (κ3) is 9.20. The zero-order valence-corrected chi connectivity index (χ0v) is 21.0. The Labute approximate surface area is 203 Å². The number of carboxylic acids is 1. The van der Waals surface area contributed by atoms with E-state index >= 15 is 0 Å². The number of benzene rings is 1. The van der Waals surface area contributed by atoms with E-state index in [4.69, 9.17) is 5.11 Å². The van der Waals surface area contributed by atoms with Gasteiger partial charge in [-0.25, -0.2) is 15.6 Å². The van der Waals surface area contributed by atoms with Gasteiger partial charge in [-0.1, -0.05) is 76.8 Å². The first-order chi connectivity index (χ1) is 16.4. The van der Waals surface area contributed by atoms with Gasteiger partial charge in [-0.15, -0.1) is 0 Å². The normalized spacial score (nSPS) is 14.4. The number of nitrogens with zero attached hydrogens (tertiary/aromatic N) is 1. The SMILES string of the molecule is C=C/C(=C(\C=C)C1NNNN1)c1ccc(CN(C(=O)CCCC)[C@@H](C)C(=O)O)cc1.CC.CO. The number of aliphatic hydroxyl groups is 1. The molecule has 0 unspecified atom stereocenters. The highest BCUT2D eigenvalue weighted by molar-refractivity contribution is 5.83. The maximum atomic E-state index is 12.6. The lowest BCUT2D eigenvalue weighted by Crippen LogP contribution is -2.42. The molecule has 9 heteroatoms. The second kappa shape index (κ2) is 17.6. The van der Waals surface area contributed by atoms with Gasteiger partial charge in [0.1, 0.15) is 12.2 Å². The van der Waals surface area contributed by atoms with Gasteiger partial charge in [0.2, 0.25) is 5.91 Å². The predicted octanol–water partition coefficient (Wildman–Crippen LogP) is 2.88. The van der Waals surface area contributed by atoms with Gasteiger partial charge in [-0.05, 0) is 35.6 Å². The van der Waals surface area contributed by atoms with Crippen LogP contribution in [-0.2, 0) is 16.1 Å². The molecule has 1 saturated heterocycles. The van der Waals surface area contributed by atoms with Crippen LogP contribution in [0, 0.1) is 0 Å². The fourth-order valence-electron chi connectivity index (χ4n) is 3.23. The van der Waals surface area contributed by atoms with Crippen LogP contribution in [0.25, 0.3) is 5.57 Å². The van der Waals surface area contributed by atoms with Crippen molar-refractivity contribution in [3.8, 4) is 0 Å². The highest BCUT2D eigenvalue weighted by Gasteiger charge is 2.25. The molecule has 1 aliphatic rings. The van der Waals surface area contributed by atoms with Crippen LogP contribution >= 0.6 is 0 Å². The number of nitrogens with one attached hydrogen (secondary N) is 4. The molecular weight excluding hydrogens is 434 g/mol. The van der Waals surface area contributed by atoms with Crippen molar-refractivity contribution in [2.24, 2.45) is 0 Å². The molecule has 1 aromatic carbocycles.